The molecule has 0 saturated carbocycles. The van der Waals surface area contributed by atoms with Gasteiger partial charge in [-0.25, -0.2) is 4.98 Å². The normalized spacial score (nSPS) is 11.1. The van der Waals surface area contributed by atoms with Gasteiger partial charge in [-0.05, 0) is 56.3 Å². The van der Waals surface area contributed by atoms with Crippen LogP contribution in [0, 0.1) is 6.92 Å². The highest BCUT2D eigenvalue weighted by atomic mass is 32.2. The van der Waals surface area contributed by atoms with Gasteiger partial charge in [-0.15, -0.1) is 0 Å². The van der Waals surface area contributed by atoms with Crippen molar-refractivity contribution in [3.8, 4) is 11.4 Å². The van der Waals surface area contributed by atoms with Crippen LogP contribution in [0.1, 0.15) is 12.5 Å². The van der Waals surface area contributed by atoms with Crippen molar-refractivity contribution in [1.29, 1.82) is 0 Å². The van der Waals surface area contributed by atoms with Crippen molar-refractivity contribution < 1.29 is 9.53 Å². The van der Waals surface area contributed by atoms with Crippen molar-refractivity contribution in [1.82, 2.24) is 14.5 Å². The summed E-state index contributed by atoms with van der Waals surface area (Å²) in [6.07, 6.45) is 0. The molecule has 0 radical (unpaired) electrons. The number of hydrogen-bond donors (Lipinski definition) is 2. The van der Waals surface area contributed by atoms with Gasteiger partial charge in [0.1, 0.15) is 16.8 Å². The number of anilines is 1. The van der Waals surface area contributed by atoms with Gasteiger partial charge in [-0.1, -0.05) is 47.7 Å². The second-order valence-electron chi connectivity index (χ2n) is 8.06. The number of aromatic amines is 1. The zero-order chi connectivity index (χ0) is 24.4. The van der Waals surface area contributed by atoms with Gasteiger partial charge in [0.05, 0.1) is 18.0 Å². The van der Waals surface area contributed by atoms with Crippen molar-refractivity contribution in [2.75, 3.05) is 17.7 Å². The molecule has 7 nitrogen and oxygen atoms in total. The Kier molecular flexibility index (Phi) is 6.29. The van der Waals surface area contributed by atoms with Gasteiger partial charge in [0.2, 0.25) is 5.91 Å². The number of benzene rings is 3. The molecule has 0 fully saturated rings. The molecule has 0 spiro atoms. The Balaban J connectivity index is 1.48. The third kappa shape index (κ3) is 4.65. The van der Waals surface area contributed by atoms with E-state index in [0.717, 1.165) is 22.2 Å². The van der Waals surface area contributed by atoms with E-state index in [4.69, 9.17) is 9.72 Å². The number of carbonyl (C=O) groups excluding carboxylic acids is 1. The maximum atomic E-state index is 13.6. The standard InChI is InChI=1S/C27H24N4O3S/c1-3-34-20-14-10-18(11-15-20)28-23(32)16-35-27-30-24-21-6-4-5-7-22(21)29-25(24)26(33)31(27)19-12-8-17(2)9-13-19/h4-15,29H,3,16H2,1-2H3,(H,28,32). The van der Waals surface area contributed by atoms with Crippen LogP contribution < -0.4 is 15.6 Å². The fourth-order valence-electron chi connectivity index (χ4n) is 3.89. The Bertz CT molecular complexity index is 1570. The summed E-state index contributed by atoms with van der Waals surface area (Å²) in [5.74, 6) is 0.653. The molecular formula is C27H24N4O3S. The van der Waals surface area contributed by atoms with Crippen LogP contribution >= 0.6 is 11.8 Å². The summed E-state index contributed by atoms with van der Waals surface area (Å²) in [7, 11) is 0. The molecule has 0 aliphatic rings. The molecule has 0 bridgehead atoms. The molecule has 2 heterocycles. The van der Waals surface area contributed by atoms with Crippen molar-refractivity contribution in [3.05, 3.63) is 88.7 Å². The third-order valence-electron chi connectivity index (χ3n) is 5.57. The van der Waals surface area contributed by atoms with Crippen molar-refractivity contribution in [2.45, 2.75) is 19.0 Å². The molecule has 0 aliphatic heterocycles. The number of para-hydroxylation sites is 1. The topological polar surface area (TPSA) is 89.0 Å². The van der Waals surface area contributed by atoms with Crippen LogP contribution in [0.2, 0.25) is 0 Å². The van der Waals surface area contributed by atoms with E-state index in [9.17, 15) is 9.59 Å². The second-order valence-corrected chi connectivity index (χ2v) is 9.00. The van der Waals surface area contributed by atoms with E-state index >= 15 is 0 Å². The first-order valence-electron chi connectivity index (χ1n) is 11.3. The number of thioether (sulfide) groups is 1. The first-order chi connectivity index (χ1) is 17.0. The van der Waals surface area contributed by atoms with Crippen LogP contribution in [0.5, 0.6) is 5.75 Å². The zero-order valence-electron chi connectivity index (χ0n) is 19.4. The van der Waals surface area contributed by atoms with Crippen LogP contribution in [0.15, 0.2) is 82.7 Å². The van der Waals surface area contributed by atoms with Crippen LogP contribution in [0.3, 0.4) is 0 Å². The number of H-pyrrole nitrogens is 1. The van der Waals surface area contributed by atoms with E-state index in [2.05, 4.69) is 10.3 Å². The molecule has 5 aromatic rings. The molecule has 0 atom stereocenters. The summed E-state index contributed by atoms with van der Waals surface area (Å²) in [6.45, 7) is 4.50. The molecule has 35 heavy (non-hydrogen) atoms. The molecule has 2 N–H and O–H groups in total. The molecule has 0 aliphatic carbocycles. The van der Waals surface area contributed by atoms with E-state index in [1.807, 2.05) is 74.5 Å². The highest BCUT2D eigenvalue weighted by Crippen LogP contribution is 2.26. The minimum Gasteiger partial charge on any atom is -0.494 e. The van der Waals surface area contributed by atoms with Gasteiger partial charge in [0.25, 0.3) is 5.56 Å². The fraction of sp³-hybridized carbons (Fsp3) is 0.148. The molecule has 8 heteroatoms. The average Bonchev–Trinajstić information content (AvgIpc) is 3.24. The van der Waals surface area contributed by atoms with Crippen LogP contribution in [-0.2, 0) is 4.79 Å². The molecule has 5 rings (SSSR count). The minimum atomic E-state index is -0.204. The number of nitrogens with zero attached hydrogens (tertiary/aromatic N) is 2. The number of hydrogen-bond acceptors (Lipinski definition) is 5. The second kappa shape index (κ2) is 9.68. The Labute approximate surface area is 206 Å². The molecule has 176 valence electrons. The summed E-state index contributed by atoms with van der Waals surface area (Å²) in [5.41, 5.74) is 4.14. The van der Waals surface area contributed by atoms with Gasteiger partial charge in [-0.3, -0.25) is 14.2 Å². The zero-order valence-corrected chi connectivity index (χ0v) is 20.2. The Morgan fingerprint density at radius 2 is 1.80 bits per heavy atom. The monoisotopic (exact) mass is 484 g/mol. The molecular weight excluding hydrogens is 460 g/mol. The number of aromatic nitrogens is 3. The lowest BCUT2D eigenvalue weighted by Crippen LogP contribution is -2.23. The summed E-state index contributed by atoms with van der Waals surface area (Å²) >= 11 is 1.23. The summed E-state index contributed by atoms with van der Waals surface area (Å²) in [4.78, 5) is 34.3. The quantitative estimate of drug-likeness (QED) is 0.242. The molecule has 1 amide bonds. The van der Waals surface area contributed by atoms with E-state index < -0.39 is 0 Å². The largest absolute Gasteiger partial charge is 0.494 e. The van der Waals surface area contributed by atoms with E-state index in [1.165, 1.54) is 11.8 Å². The molecule has 0 unspecified atom stereocenters. The van der Waals surface area contributed by atoms with E-state index in [1.54, 1.807) is 16.7 Å². The number of ether oxygens (including phenoxy) is 1. The van der Waals surface area contributed by atoms with Gasteiger partial charge in [-0.2, -0.15) is 0 Å². The first kappa shape index (κ1) is 22.7. The maximum Gasteiger partial charge on any atom is 0.283 e. The summed E-state index contributed by atoms with van der Waals surface area (Å²) < 4.78 is 7.01. The van der Waals surface area contributed by atoms with E-state index in [-0.39, 0.29) is 17.2 Å². The van der Waals surface area contributed by atoms with Crippen LogP contribution in [0.4, 0.5) is 5.69 Å². The van der Waals surface area contributed by atoms with Crippen molar-refractivity contribution >= 4 is 45.3 Å². The lowest BCUT2D eigenvalue weighted by Gasteiger charge is -2.12. The maximum absolute atomic E-state index is 13.6. The molecule has 0 saturated heterocycles. The summed E-state index contributed by atoms with van der Waals surface area (Å²) in [6, 6.07) is 22.6. The number of amides is 1. The predicted octanol–water partition coefficient (Wildman–Crippen LogP) is 5.30. The number of fused-ring (bicyclic) bond motifs is 3. The number of aryl methyl sites for hydroxylation is 1. The van der Waals surface area contributed by atoms with Gasteiger partial charge in [0.15, 0.2) is 5.16 Å². The third-order valence-corrected chi connectivity index (χ3v) is 6.51. The fourth-order valence-corrected chi connectivity index (χ4v) is 4.69. The van der Waals surface area contributed by atoms with Crippen LogP contribution in [0.25, 0.3) is 27.6 Å². The lowest BCUT2D eigenvalue weighted by molar-refractivity contribution is -0.113. The van der Waals surface area contributed by atoms with Crippen LogP contribution in [-0.4, -0.2) is 32.8 Å². The number of rotatable bonds is 7. The van der Waals surface area contributed by atoms with Crippen molar-refractivity contribution in [3.63, 3.8) is 0 Å². The van der Waals surface area contributed by atoms with Gasteiger partial charge >= 0.3 is 0 Å². The number of carbonyl (C=O) groups is 1. The van der Waals surface area contributed by atoms with Gasteiger partial charge < -0.3 is 15.0 Å². The minimum absolute atomic E-state index is 0.0966. The van der Waals surface area contributed by atoms with Crippen molar-refractivity contribution in [2.24, 2.45) is 0 Å². The smallest absolute Gasteiger partial charge is 0.283 e. The molecule has 2 aromatic heterocycles. The SMILES string of the molecule is CCOc1ccc(NC(=O)CSc2nc3c([nH]c4ccccc43)c(=O)n2-c2ccc(C)cc2)cc1. The molecule has 3 aromatic carbocycles. The summed E-state index contributed by atoms with van der Waals surface area (Å²) in [5, 5.41) is 4.22. The Morgan fingerprint density at radius 3 is 2.54 bits per heavy atom. The predicted molar refractivity (Wildman–Crippen MR) is 141 cm³/mol. The number of nitrogens with one attached hydrogen (secondary N) is 2. The highest BCUT2D eigenvalue weighted by molar-refractivity contribution is 7.99. The highest BCUT2D eigenvalue weighted by Gasteiger charge is 2.18. The Hall–Kier alpha value is -4.04. The van der Waals surface area contributed by atoms with E-state index in [0.29, 0.717) is 34.2 Å². The lowest BCUT2D eigenvalue weighted by atomic mass is 10.2. The average molecular weight is 485 g/mol. The first-order valence-corrected chi connectivity index (χ1v) is 12.3. The van der Waals surface area contributed by atoms with Gasteiger partial charge in [0, 0.05) is 16.6 Å². The Morgan fingerprint density at radius 1 is 1.06 bits per heavy atom.